The van der Waals surface area contributed by atoms with Crippen LogP contribution in [0.3, 0.4) is 0 Å². The van der Waals surface area contributed by atoms with Crippen molar-refractivity contribution in [2.24, 2.45) is 0 Å². The molecule has 0 unspecified atom stereocenters. The molecule has 3 amide bonds. The van der Waals surface area contributed by atoms with Gasteiger partial charge in [-0.05, 0) is 25.0 Å². The minimum atomic E-state index is -4.81. The topological polar surface area (TPSA) is 92.6 Å². The molecule has 34 heavy (non-hydrogen) atoms. The third kappa shape index (κ3) is 5.94. The number of rotatable bonds is 6. The number of alkyl halides is 4. The number of piperidine rings is 1. The van der Waals surface area contributed by atoms with Crippen LogP contribution in [0.4, 0.5) is 22.4 Å². The van der Waals surface area contributed by atoms with Gasteiger partial charge in [0, 0.05) is 32.0 Å². The number of benzene rings is 1. The third-order valence-corrected chi connectivity index (χ3v) is 5.67. The number of hydrogen-bond donors (Lipinski definition) is 1. The van der Waals surface area contributed by atoms with Gasteiger partial charge in [-0.15, -0.1) is 18.3 Å². The van der Waals surface area contributed by atoms with Gasteiger partial charge < -0.3 is 19.9 Å². The van der Waals surface area contributed by atoms with Crippen molar-refractivity contribution in [2.45, 2.75) is 57.3 Å². The number of aromatic nitrogens is 3. The molecule has 2 fully saturated rings. The highest BCUT2D eigenvalue weighted by atomic mass is 19.4. The monoisotopic (exact) mass is 484 g/mol. The normalized spacial score (nSPS) is 20.7. The van der Waals surface area contributed by atoms with Crippen LogP contribution in [-0.2, 0) is 11.3 Å². The molecule has 1 saturated heterocycles. The van der Waals surface area contributed by atoms with Gasteiger partial charge in [-0.25, -0.2) is 13.9 Å². The van der Waals surface area contributed by atoms with E-state index in [1.807, 2.05) is 0 Å². The number of ether oxygens (including phenoxy) is 1. The summed E-state index contributed by atoms with van der Waals surface area (Å²) < 4.78 is 56.8. The number of amides is 3. The van der Waals surface area contributed by atoms with Crippen molar-refractivity contribution in [3.63, 3.8) is 0 Å². The first-order chi connectivity index (χ1) is 16.1. The minimum absolute atomic E-state index is 0.00355. The SMILES string of the molecule is CC(=O)N1C[C@@H](F)C[C@@H](N(C(=O)NCc2cn(-c3cccc(OC(F)(F)F)c3)nn2)C2CC2)C1. The maximum atomic E-state index is 14.2. The predicted molar refractivity (Wildman–Crippen MR) is 111 cm³/mol. The maximum Gasteiger partial charge on any atom is 0.573 e. The van der Waals surface area contributed by atoms with Crippen LogP contribution in [0.5, 0.6) is 5.75 Å². The van der Waals surface area contributed by atoms with E-state index in [1.165, 1.54) is 40.9 Å². The van der Waals surface area contributed by atoms with Gasteiger partial charge in [0.1, 0.15) is 17.6 Å². The van der Waals surface area contributed by atoms with Crippen LogP contribution in [0.25, 0.3) is 5.69 Å². The van der Waals surface area contributed by atoms with E-state index in [0.29, 0.717) is 11.4 Å². The van der Waals surface area contributed by atoms with Crippen LogP contribution >= 0.6 is 0 Å². The van der Waals surface area contributed by atoms with Crippen molar-refractivity contribution < 1.29 is 31.9 Å². The molecule has 0 spiro atoms. The maximum absolute atomic E-state index is 14.2. The van der Waals surface area contributed by atoms with Gasteiger partial charge >= 0.3 is 12.4 Å². The van der Waals surface area contributed by atoms with Crippen LogP contribution in [-0.4, -0.2) is 74.4 Å². The molecule has 2 atom stereocenters. The molecule has 0 radical (unpaired) electrons. The van der Waals surface area contributed by atoms with E-state index in [1.54, 1.807) is 4.90 Å². The Labute approximate surface area is 192 Å². The Bertz CT molecular complexity index is 1040. The summed E-state index contributed by atoms with van der Waals surface area (Å²) in [6.45, 7) is 1.71. The zero-order valence-corrected chi connectivity index (χ0v) is 18.3. The molecule has 4 rings (SSSR count). The third-order valence-electron chi connectivity index (χ3n) is 5.67. The number of hydrogen-bond acceptors (Lipinski definition) is 5. The Kier molecular flexibility index (Phi) is 6.62. The number of nitrogens with zero attached hydrogens (tertiary/aromatic N) is 5. The summed E-state index contributed by atoms with van der Waals surface area (Å²) in [6, 6.07) is 4.44. The molecule has 1 aliphatic heterocycles. The van der Waals surface area contributed by atoms with Gasteiger partial charge in [-0.1, -0.05) is 11.3 Å². The standard InChI is InChI=1S/C21H24F4N6O3/c1-13(32)29-10-14(22)7-18(12-29)31(16-5-6-16)20(33)26-9-15-11-30(28-27-15)17-3-2-4-19(8-17)34-21(23,24)25/h2-4,8,11,14,16,18H,5-7,9-10,12H2,1H3,(H,26,33)/t14-,18+/m0/s1. The van der Waals surface area contributed by atoms with Crippen LogP contribution in [0.1, 0.15) is 31.9 Å². The molecule has 1 aromatic heterocycles. The Hall–Kier alpha value is -3.38. The predicted octanol–water partition coefficient (Wildman–Crippen LogP) is 2.80. The minimum Gasteiger partial charge on any atom is -0.406 e. The highest BCUT2D eigenvalue weighted by Gasteiger charge is 2.41. The zero-order valence-electron chi connectivity index (χ0n) is 18.3. The van der Waals surface area contributed by atoms with Gasteiger partial charge in [0.05, 0.1) is 31.0 Å². The first-order valence-corrected chi connectivity index (χ1v) is 10.8. The molecule has 0 bridgehead atoms. The molecule has 1 aliphatic carbocycles. The van der Waals surface area contributed by atoms with Crippen LogP contribution in [0, 0.1) is 0 Å². The fraction of sp³-hybridized carbons (Fsp3) is 0.524. The van der Waals surface area contributed by atoms with Crippen LogP contribution in [0.2, 0.25) is 0 Å². The average Bonchev–Trinajstić information content (AvgIpc) is 3.46. The number of likely N-dealkylation sites (tertiary alicyclic amines) is 1. The molecule has 2 aliphatic rings. The molecular formula is C21H24F4N6O3. The molecule has 1 saturated carbocycles. The highest BCUT2D eigenvalue weighted by Crippen LogP contribution is 2.32. The lowest BCUT2D eigenvalue weighted by molar-refractivity contribution is -0.274. The van der Waals surface area contributed by atoms with E-state index in [2.05, 4.69) is 20.4 Å². The molecule has 13 heteroatoms. The molecule has 2 heterocycles. The Morgan fingerprint density at radius 2 is 2.00 bits per heavy atom. The second kappa shape index (κ2) is 9.47. The Morgan fingerprint density at radius 1 is 1.24 bits per heavy atom. The number of halogens is 4. The number of carbonyl (C=O) groups is 2. The summed E-state index contributed by atoms with van der Waals surface area (Å²) in [5.74, 6) is -0.626. The summed E-state index contributed by atoms with van der Waals surface area (Å²) in [7, 11) is 0. The van der Waals surface area contributed by atoms with Crippen molar-refractivity contribution >= 4 is 11.9 Å². The van der Waals surface area contributed by atoms with Crippen molar-refractivity contribution in [3.8, 4) is 11.4 Å². The molecule has 9 nitrogen and oxygen atoms in total. The van der Waals surface area contributed by atoms with E-state index in [9.17, 15) is 27.2 Å². The van der Waals surface area contributed by atoms with E-state index < -0.39 is 24.3 Å². The molecule has 1 N–H and O–H groups in total. The summed E-state index contributed by atoms with van der Waals surface area (Å²) in [5, 5.41) is 10.6. The van der Waals surface area contributed by atoms with Gasteiger partial charge in [0.15, 0.2) is 0 Å². The van der Waals surface area contributed by atoms with Crippen molar-refractivity contribution in [2.75, 3.05) is 13.1 Å². The summed E-state index contributed by atoms with van der Waals surface area (Å²) in [5.41, 5.74) is 0.676. The lowest BCUT2D eigenvalue weighted by Crippen LogP contribution is -2.57. The summed E-state index contributed by atoms with van der Waals surface area (Å²) >= 11 is 0. The number of carbonyl (C=O) groups excluding carboxylic acids is 2. The fourth-order valence-corrected chi connectivity index (χ4v) is 4.04. The van der Waals surface area contributed by atoms with E-state index in [0.717, 1.165) is 18.9 Å². The van der Waals surface area contributed by atoms with Gasteiger partial charge in [-0.2, -0.15) is 0 Å². The lowest BCUT2D eigenvalue weighted by atomic mass is 10.0. The summed E-state index contributed by atoms with van der Waals surface area (Å²) in [4.78, 5) is 27.7. The van der Waals surface area contributed by atoms with Gasteiger partial charge in [0.2, 0.25) is 5.91 Å². The van der Waals surface area contributed by atoms with E-state index in [-0.39, 0.29) is 44.0 Å². The summed E-state index contributed by atoms with van der Waals surface area (Å²) in [6.07, 6.45) is -2.74. The molecule has 1 aromatic carbocycles. The van der Waals surface area contributed by atoms with E-state index >= 15 is 0 Å². The molecule has 184 valence electrons. The van der Waals surface area contributed by atoms with E-state index in [4.69, 9.17) is 0 Å². The molecule has 2 aromatic rings. The van der Waals surface area contributed by atoms with Crippen molar-refractivity contribution in [1.29, 1.82) is 0 Å². The molecular weight excluding hydrogens is 460 g/mol. The van der Waals surface area contributed by atoms with Crippen molar-refractivity contribution in [3.05, 3.63) is 36.2 Å². The second-order valence-corrected chi connectivity index (χ2v) is 8.41. The quantitative estimate of drug-likeness (QED) is 0.637. The largest absolute Gasteiger partial charge is 0.573 e. The van der Waals surface area contributed by atoms with Gasteiger partial charge in [-0.3, -0.25) is 4.79 Å². The average molecular weight is 484 g/mol. The fourth-order valence-electron chi connectivity index (χ4n) is 4.04. The number of urea groups is 1. The Balaban J connectivity index is 1.39. The zero-order chi connectivity index (χ0) is 24.5. The first-order valence-electron chi connectivity index (χ1n) is 10.8. The highest BCUT2D eigenvalue weighted by molar-refractivity contribution is 5.76. The van der Waals surface area contributed by atoms with Crippen LogP contribution in [0.15, 0.2) is 30.5 Å². The van der Waals surface area contributed by atoms with Gasteiger partial charge in [0.25, 0.3) is 0 Å². The first kappa shape index (κ1) is 23.8. The van der Waals surface area contributed by atoms with Crippen LogP contribution < -0.4 is 10.1 Å². The van der Waals surface area contributed by atoms with Crippen molar-refractivity contribution in [1.82, 2.24) is 30.1 Å². The smallest absolute Gasteiger partial charge is 0.406 e. The number of nitrogens with one attached hydrogen (secondary N) is 1. The second-order valence-electron chi connectivity index (χ2n) is 8.41. The Morgan fingerprint density at radius 3 is 2.68 bits per heavy atom. The lowest BCUT2D eigenvalue weighted by Gasteiger charge is -2.40.